The highest BCUT2D eigenvalue weighted by Gasteiger charge is 2.19. The van der Waals surface area contributed by atoms with Crippen molar-refractivity contribution in [1.29, 1.82) is 0 Å². The number of carbonyl (C=O) groups excluding carboxylic acids is 3. The highest BCUT2D eigenvalue weighted by molar-refractivity contribution is 6.01. The van der Waals surface area contributed by atoms with Crippen LogP contribution in [0.1, 0.15) is 30.0 Å². The summed E-state index contributed by atoms with van der Waals surface area (Å²) >= 11 is 0. The van der Waals surface area contributed by atoms with Crippen LogP contribution in [0.2, 0.25) is 0 Å². The van der Waals surface area contributed by atoms with E-state index in [0.717, 1.165) is 5.56 Å². The summed E-state index contributed by atoms with van der Waals surface area (Å²) in [5, 5.41) is 7.99. The zero-order valence-electron chi connectivity index (χ0n) is 13.7. The molecule has 3 N–H and O–H groups in total. The van der Waals surface area contributed by atoms with E-state index < -0.39 is 11.9 Å². The molecule has 7 heteroatoms. The van der Waals surface area contributed by atoms with Crippen molar-refractivity contribution < 1.29 is 18.8 Å². The topological polar surface area (TPSA) is 100 Å². The summed E-state index contributed by atoms with van der Waals surface area (Å²) in [6.07, 6.45) is 1.39. The quantitative estimate of drug-likeness (QED) is 0.783. The van der Waals surface area contributed by atoms with Crippen molar-refractivity contribution in [3.8, 4) is 0 Å². The average Bonchev–Trinajstić information content (AvgIpc) is 3.05. The number of nitrogens with one attached hydrogen (secondary N) is 3. The normalized spacial score (nSPS) is 11.5. The molecule has 1 unspecified atom stereocenters. The van der Waals surface area contributed by atoms with Crippen molar-refractivity contribution in [2.45, 2.75) is 26.8 Å². The van der Waals surface area contributed by atoms with Gasteiger partial charge in [-0.25, -0.2) is 0 Å². The third kappa shape index (κ3) is 4.22. The third-order valence-electron chi connectivity index (χ3n) is 3.39. The predicted octanol–water partition coefficient (Wildman–Crippen LogP) is 2.30. The van der Waals surface area contributed by atoms with Crippen molar-refractivity contribution in [2.24, 2.45) is 0 Å². The van der Waals surface area contributed by atoms with Crippen molar-refractivity contribution >= 4 is 29.1 Å². The number of rotatable bonds is 5. The highest BCUT2D eigenvalue weighted by Crippen LogP contribution is 2.23. The van der Waals surface area contributed by atoms with Crippen LogP contribution >= 0.6 is 0 Å². The predicted molar refractivity (Wildman–Crippen MR) is 89.7 cm³/mol. The summed E-state index contributed by atoms with van der Waals surface area (Å²) < 4.78 is 4.98. The van der Waals surface area contributed by atoms with E-state index in [1.54, 1.807) is 38.1 Å². The monoisotopic (exact) mass is 329 g/mol. The van der Waals surface area contributed by atoms with E-state index in [4.69, 9.17) is 4.42 Å². The minimum Gasteiger partial charge on any atom is -0.459 e. The Morgan fingerprint density at radius 1 is 1.04 bits per heavy atom. The van der Waals surface area contributed by atoms with Gasteiger partial charge in [0.2, 0.25) is 11.8 Å². The minimum absolute atomic E-state index is 0.137. The molecule has 1 aromatic carbocycles. The molecule has 0 spiro atoms. The lowest BCUT2D eigenvalue weighted by Gasteiger charge is -2.16. The van der Waals surface area contributed by atoms with Gasteiger partial charge in [0.1, 0.15) is 6.04 Å². The van der Waals surface area contributed by atoms with Gasteiger partial charge >= 0.3 is 0 Å². The molecular weight excluding hydrogens is 310 g/mol. The van der Waals surface area contributed by atoms with Crippen molar-refractivity contribution in [1.82, 2.24) is 5.32 Å². The summed E-state index contributed by atoms with van der Waals surface area (Å²) in [7, 11) is 0. The van der Waals surface area contributed by atoms with Crippen LogP contribution in [-0.4, -0.2) is 23.8 Å². The summed E-state index contributed by atoms with van der Waals surface area (Å²) in [6.45, 7) is 4.77. The molecule has 3 amide bonds. The van der Waals surface area contributed by atoms with Crippen LogP contribution in [0.5, 0.6) is 0 Å². The smallest absolute Gasteiger partial charge is 0.287 e. The lowest BCUT2D eigenvalue weighted by atomic mass is 10.1. The fraction of sp³-hybridized carbons (Fsp3) is 0.235. The second-order valence-corrected chi connectivity index (χ2v) is 5.32. The van der Waals surface area contributed by atoms with E-state index >= 15 is 0 Å². The maximum Gasteiger partial charge on any atom is 0.287 e. The molecule has 2 aromatic rings. The summed E-state index contributed by atoms with van der Waals surface area (Å²) in [6, 6.07) is 7.54. The standard InChI is InChI=1S/C17H19N3O4/c1-10-13(19-12(3)21)6-4-7-14(10)20-16(22)11(2)18-17(23)15-8-5-9-24-15/h4-9,11H,1-3H3,(H,18,23)(H,19,21)(H,20,22). The molecule has 0 aliphatic rings. The number of benzene rings is 1. The Kier molecular flexibility index (Phi) is 5.36. The number of anilines is 2. The summed E-state index contributed by atoms with van der Waals surface area (Å²) in [5.41, 5.74) is 1.91. The fourth-order valence-electron chi connectivity index (χ4n) is 2.08. The Bertz CT molecular complexity index is 753. The van der Waals surface area contributed by atoms with Gasteiger partial charge in [-0.05, 0) is 43.7 Å². The lowest BCUT2D eigenvalue weighted by molar-refractivity contribution is -0.117. The Morgan fingerprint density at radius 3 is 2.29 bits per heavy atom. The van der Waals surface area contributed by atoms with Gasteiger partial charge < -0.3 is 20.4 Å². The van der Waals surface area contributed by atoms with E-state index in [2.05, 4.69) is 16.0 Å². The number of amides is 3. The molecule has 0 saturated carbocycles. The second-order valence-electron chi connectivity index (χ2n) is 5.32. The molecule has 0 radical (unpaired) electrons. The molecule has 0 aliphatic heterocycles. The summed E-state index contributed by atoms with van der Waals surface area (Å²) in [5.74, 6) is -0.900. The molecule has 1 heterocycles. The van der Waals surface area contributed by atoms with Crippen LogP contribution in [0.15, 0.2) is 41.0 Å². The minimum atomic E-state index is -0.758. The molecule has 24 heavy (non-hydrogen) atoms. The van der Waals surface area contributed by atoms with Crippen molar-refractivity contribution in [2.75, 3.05) is 10.6 Å². The molecule has 1 atom stereocenters. The number of hydrogen-bond donors (Lipinski definition) is 3. The van der Waals surface area contributed by atoms with Gasteiger partial charge in [-0.2, -0.15) is 0 Å². The Balaban J connectivity index is 2.03. The fourth-order valence-corrected chi connectivity index (χ4v) is 2.08. The van der Waals surface area contributed by atoms with Crippen LogP contribution in [0.4, 0.5) is 11.4 Å². The first-order valence-corrected chi connectivity index (χ1v) is 7.41. The van der Waals surface area contributed by atoms with Gasteiger partial charge in [-0.15, -0.1) is 0 Å². The lowest BCUT2D eigenvalue weighted by Crippen LogP contribution is -2.41. The number of hydrogen-bond acceptors (Lipinski definition) is 4. The van der Waals surface area contributed by atoms with E-state index in [1.807, 2.05) is 0 Å². The third-order valence-corrected chi connectivity index (χ3v) is 3.39. The van der Waals surface area contributed by atoms with E-state index in [9.17, 15) is 14.4 Å². The Hall–Kier alpha value is -3.09. The molecule has 0 fully saturated rings. The van der Waals surface area contributed by atoms with E-state index in [-0.39, 0.29) is 17.6 Å². The van der Waals surface area contributed by atoms with E-state index in [1.165, 1.54) is 19.3 Å². The largest absolute Gasteiger partial charge is 0.459 e. The molecule has 2 rings (SSSR count). The van der Waals surface area contributed by atoms with Crippen LogP contribution in [0.3, 0.4) is 0 Å². The van der Waals surface area contributed by atoms with Gasteiger partial charge in [0.05, 0.1) is 6.26 Å². The van der Waals surface area contributed by atoms with Crippen molar-refractivity contribution in [3.63, 3.8) is 0 Å². The first kappa shape index (κ1) is 17.3. The molecule has 126 valence electrons. The van der Waals surface area contributed by atoms with Crippen molar-refractivity contribution in [3.05, 3.63) is 47.9 Å². The van der Waals surface area contributed by atoms with Gasteiger partial charge in [0, 0.05) is 18.3 Å². The number of carbonyl (C=O) groups is 3. The SMILES string of the molecule is CC(=O)Nc1cccc(NC(=O)C(C)NC(=O)c2ccco2)c1C. The second kappa shape index (κ2) is 7.45. The molecule has 1 aromatic heterocycles. The first-order chi connectivity index (χ1) is 11.4. The molecule has 0 saturated heterocycles. The molecule has 0 bridgehead atoms. The average molecular weight is 329 g/mol. The van der Waals surface area contributed by atoms with Crippen LogP contribution in [0, 0.1) is 6.92 Å². The van der Waals surface area contributed by atoms with Gasteiger partial charge in [-0.3, -0.25) is 14.4 Å². The van der Waals surface area contributed by atoms with Gasteiger partial charge in [0.25, 0.3) is 5.91 Å². The van der Waals surface area contributed by atoms with Crippen LogP contribution < -0.4 is 16.0 Å². The summed E-state index contributed by atoms with van der Waals surface area (Å²) in [4.78, 5) is 35.3. The Morgan fingerprint density at radius 2 is 1.71 bits per heavy atom. The first-order valence-electron chi connectivity index (χ1n) is 7.41. The van der Waals surface area contributed by atoms with Crippen LogP contribution in [0.25, 0.3) is 0 Å². The zero-order chi connectivity index (χ0) is 17.7. The van der Waals surface area contributed by atoms with Crippen LogP contribution in [-0.2, 0) is 9.59 Å². The highest BCUT2D eigenvalue weighted by atomic mass is 16.3. The maximum atomic E-state index is 12.3. The Labute approximate surface area is 139 Å². The van der Waals surface area contributed by atoms with E-state index in [0.29, 0.717) is 11.4 Å². The molecule has 7 nitrogen and oxygen atoms in total. The molecule has 0 aliphatic carbocycles. The molecular formula is C17H19N3O4. The zero-order valence-corrected chi connectivity index (χ0v) is 13.7. The number of furan rings is 1. The maximum absolute atomic E-state index is 12.3. The van der Waals surface area contributed by atoms with Gasteiger partial charge in [0.15, 0.2) is 5.76 Å². The van der Waals surface area contributed by atoms with Gasteiger partial charge in [-0.1, -0.05) is 6.07 Å².